The van der Waals surface area contributed by atoms with Crippen molar-refractivity contribution in [3.63, 3.8) is 0 Å². The van der Waals surface area contributed by atoms with E-state index in [1.54, 1.807) is 39.0 Å². The minimum absolute atomic E-state index is 0.0270. The number of fused-ring (bicyclic) bond motifs is 1. The molecule has 2 N–H and O–H groups in total. The predicted octanol–water partition coefficient (Wildman–Crippen LogP) is 5.71. The Hall–Kier alpha value is -3.15. The first-order valence-electron chi connectivity index (χ1n) is 12.3. The van der Waals surface area contributed by atoms with Gasteiger partial charge in [0, 0.05) is 39.1 Å². The van der Waals surface area contributed by atoms with E-state index in [4.69, 9.17) is 25.8 Å². The van der Waals surface area contributed by atoms with Crippen LogP contribution in [0.4, 0.5) is 4.79 Å². The zero-order valence-corrected chi connectivity index (χ0v) is 24.3. The second kappa shape index (κ2) is 12.1. The molecule has 12 heteroatoms. The third-order valence-electron chi connectivity index (χ3n) is 5.32. The molecule has 1 amide bonds. The number of aromatic nitrogens is 3. The van der Waals surface area contributed by atoms with E-state index < -0.39 is 31.8 Å². The van der Waals surface area contributed by atoms with E-state index in [0.717, 1.165) is 11.4 Å². The molecule has 0 unspecified atom stereocenters. The fourth-order valence-corrected chi connectivity index (χ4v) is 4.34. The van der Waals surface area contributed by atoms with E-state index in [1.165, 1.54) is 6.20 Å². The van der Waals surface area contributed by atoms with Gasteiger partial charge in [0.25, 0.3) is 0 Å². The number of nitrogens with zero attached hydrogens (tertiary/aromatic N) is 3. The quantitative estimate of drug-likeness (QED) is 0.173. The molecule has 0 saturated heterocycles. The highest BCUT2D eigenvalue weighted by molar-refractivity contribution is 6.76. The van der Waals surface area contributed by atoms with Crippen LogP contribution < -0.4 is 10.1 Å². The van der Waals surface area contributed by atoms with Gasteiger partial charge in [0.1, 0.15) is 40.7 Å². The lowest BCUT2D eigenvalue weighted by molar-refractivity contribution is -0.139. The summed E-state index contributed by atoms with van der Waals surface area (Å²) in [4.78, 5) is 32.4. The number of pyridine rings is 2. The maximum atomic E-state index is 12.0. The molecule has 0 radical (unpaired) electrons. The number of carboxylic acid groups (broad SMARTS) is 1. The smallest absolute Gasteiger partial charge is 0.408 e. The van der Waals surface area contributed by atoms with Crippen LogP contribution in [-0.2, 0) is 27.4 Å². The average Bonchev–Trinajstić information content (AvgIpc) is 3.18. The molecular weight excluding hydrogens is 528 g/mol. The number of halogens is 1. The lowest BCUT2D eigenvalue weighted by atomic mass is 10.1. The number of amides is 1. The molecule has 0 saturated carbocycles. The van der Waals surface area contributed by atoms with Crippen LogP contribution in [0.3, 0.4) is 0 Å². The van der Waals surface area contributed by atoms with Crippen molar-refractivity contribution in [1.29, 1.82) is 0 Å². The number of rotatable bonds is 11. The highest BCUT2D eigenvalue weighted by Gasteiger charge is 2.24. The lowest BCUT2D eigenvalue weighted by Crippen LogP contribution is -2.44. The van der Waals surface area contributed by atoms with Crippen molar-refractivity contribution >= 4 is 42.8 Å². The maximum Gasteiger partial charge on any atom is 0.408 e. The van der Waals surface area contributed by atoms with E-state index >= 15 is 0 Å². The molecule has 1 atom stereocenters. The average molecular weight is 563 g/mol. The largest absolute Gasteiger partial charge is 0.480 e. The SMILES string of the molecule is CC(C)(C)OC(=O)N[C@@H](Cc1ccc(Oc2cc(Cl)nc3c2ccn3COCC[Si](C)(C)C)cn1)C(=O)O. The molecule has 0 aromatic carbocycles. The molecule has 38 heavy (non-hydrogen) atoms. The molecule has 0 aliphatic heterocycles. The molecule has 3 aromatic rings. The van der Waals surface area contributed by atoms with Gasteiger partial charge in [-0.3, -0.25) is 4.98 Å². The zero-order chi connectivity index (χ0) is 28.1. The maximum absolute atomic E-state index is 12.0. The standard InChI is InChI=1S/C26H35ClN4O6Si/c1-26(2,3)37-25(34)29-20(24(32)33)13-17-7-8-18(15-28-17)36-21-14-22(27)30-23-19(21)9-10-31(23)16-35-11-12-38(4,5)6/h7-10,14-15,20H,11-13,16H2,1-6H3,(H,29,34)(H,32,33)/t20-/m0/s1. The summed E-state index contributed by atoms with van der Waals surface area (Å²) < 4.78 is 18.9. The molecule has 0 fully saturated rings. The molecular formula is C26H35ClN4O6Si. The molecule has 3 aromatic heterocycles. The summed E-state index contributed by atoms with van der Waals surface area (Å²) in [5.74, 6) is -0.255. The van der Waals surface area contributed by atoms with Crippen molar-refractivity contribution < 1.29 is 28.9 Å². The number of carboxylic acids is 1. The number of hydrogen-bond donors (Lipinski definition) is 2. The van der Waals surface area contributed by atoms with Crippen molar-refractivity contribution in [2.75, 3.05) is 6.61 Å². The van der Waals surface area contributed by atoms with Crippen molar-refractivity contribution in [2.45, 2.75) is 71.3 Å². The van der Waals surface area contributed by atoms with Gasteiger partial charge in [-0.1, -0.05) is 31.2 Å². The van der Waals surface area contributed by atoms with Gasteiger partial charge in [-0.2, -0.15) is 0 Å². The van der Waals surface area contributed by atoms with Crippen molar-refractivity contribution in [2.24, 2.45) is 0 Å². The van der Waals surface area contributed by atoms with Gasteiger partial charge in [-0.25, -0.2) is 14.6 Å². The molecule has 206 valence electrons. The van der Waals surface area contributed by atoms with E-state index in [-0.39, 0.29) is 11.6 Å². The van der Waals surface area contributed by atoms with Gasteiger partial charge >= 0.3 is 12.1 Å². The van der Waals surface area contributed by atoms with Crippen LogP contribution in [0.15, 0.2) is 36.7 Å². The van der Waals surface area contributed by atoms with E-state index in [2.05, 4.69) is 34.9 Å². The Kier molecular flexibility index (Phi) is 9.39. The Morgan fingerprint density at radius 3 is 2.55 bits per heavy atom. The Balaban J connectivity index is 1.68. The highest BCUT2D eigenvalue weighted by atomic mass is 35.5. The van der Waals surface area contributed by atoms with Gasteiger partial charge in [-0.05, 0) is 45.0 Å². The van der Waals surface area contributed by atoms with Gasteiger partial charge in [-0.15, -0.1) is 0 Å². The fraction of sp³-hybridized carbons (Fsp3) is 0.462. The van der Waals surface area contributed by atoms with E-state index in [1.807, 2.05) is 16.8 Å². The summed E-state index contributed by atoms with van der Waals surface area (Å²) in [6, 6.07) is 6.69. The molecule has 0 aliphatic carbocycles. The summed E-state index contributed by atoms with van der Waals surface area (Å²) in [6.45, 7) is 13.1. The third kappa shape index (κ3) is 9.00. The number of hydrogen-bond acceptors (Lipinski definition) is 7. The summed E-state index contributed by atoms with van der Waals surface area (Å²) >= 11 is 6.28. The van der Waals surface area contributed by atoms with Crippen LogP contribution in [0.25, 0.3) is 11.0 Å². The number of alkyl carbamates (subject to hydrolysis) is 1. The van der Waals surface area contributed by atoms with Crippen molar-refractivity contribution in [1.82, 2.24) is 19.9 Å². The first-order valence-corrected chi connectivity index (χ1v) is 16.4. The van der Waals surface area contributed by atoms with Crippen LogP contribution in [0, 0.1) is 0 Å². The number of carbonyl (C=O) groups is 2. The molecule has 3 rings (SSSR count). The topological polar surface area (TPSA) is 125 Å². The van der Waals surface area contributed by atoms with Gasteiger partial charge in [0.2, 0.25) is 0 Å². The highest BCUT2D eigenvalue weighted by Crippen LogP contribution is 2.32. The summed E-state index contributed by atoms with van der Waals surface area (Å²) in [5, 5.41) is 12.9. The van der Waals surface area contributed by atoms with Crippen LogP contribution in [0.1, 0.15) is 26.5 Å². The zero-order valence-electron chi connectivity index (χ0n) is 22.6. The van der Waals surface area contributed by atoms with Crippen LogP contribution in [-0.4, -0.2) is 58.0 Å². The van der Waals surface area contributed by atoms with Gasteiger partial charge < -0.3 is 29.2 Å². The Bertz CT molecular complexity index is 1270. The van der Waals surface area contributed by atoms with Gasteiger partial charge in [0.15, 0.2) is 0 Å². The predicted molar refractivity (Wildman–Crippen MR) is 148 cm³/mol. The Morgan fingerprint density at radius 2 is 1.95 bits per heavy atom. The number of carbonyl (C=O) groups excluding carboxylic acids is 1. The minimum atomic E-state index is -1.20. The number of aliphatic carboxylic acids is 1. The minimum Gasteiger partial charge on any atom is -0.480 e. The normalized spacial score (nSPS) is 12.8. The summed E-state index contributed by atoms with van der Waals surface area (Å²) in [6.07, 6.45) is 2.52. The summed E-state index contributed by atoms with van der Waals surface area (Å²) in [7, 11) is -1.18. The molecule has 0 aliphatic rings. The molecule has 3 heterocycles. The molecule has 0 spiro atoms. The third-order valence-corrected chi connectivity index (χ3v) is 7.21. The monoisotopic (exact) mass is 562 g/mol. The van der Waals surface area contributed by atoms with Crippen molar-refractivity contribution in [3.05, 3.63) is 47.5 Å². The molecule has 0 bridgehead atoms. The van der Waals surface area contributed by atoms with E-state index in [0.29, 0.717) is 36.2 Å². The van der Waals surface area contributed by atoms with Gasteiger partial charge in [0.05, 0.1) is 11.6 Å². The second-order valence-corrected chi connectivity index (χ2v) is 17.2. The number of nitrogens with one attached hydrogen (secondary N) is 1. The van der Waals surface area contributed by atoms with Crippen LogP contribution in [0.2, 0.25) is 30.8 Å². The van der Waals surface area contributed by atoms with Crippen LogP contribution >= 0.6 is 11.6 Å². The van der Waals surface area contributed by atoms with Crippen LogP contribution in [0.5, 0.6) is 11.5 Å². The Labute approximate surface area is 228 Å². The number of ether oxygens (including phenoxy) is 3. The fourth-order valence-electron chi connectivity index (χ4n) is 3.41. The summed E-state index contributed by atoms with van der Waals surface area (Å²) in [5.41, 5.74) is 0.357. The first kappa shape index (κ1) is 29.4. The lowest BCUT2D eigenvalue weighted by Gasteiger charge is -2.21. The van der Waals surface area contributed by atoms with E-state index in [9.17, 15) is 14.7 Å². The van der Waals surface area contributed by atoms with Crippen molar-refractivity contribution in [3.8, 4) is 11.5 Å². The Morgan fingerprint density at radius 1 is 1.21 bits per heavy atom. The first-order chi connectivity index (χ1) is 17.7. The molecule has 10 nitrogen and oxygen atoms in total. The second-order valence-electron chi connectivity index (χ2n) is 11.1.